The average Bonchev–Trinajstić information content (AvgIpc) is 2.79. The Bertz CT molecular complexity index is 1180. The van der Waals surface area contributed by atoms with Crippen LogP contribution in [0.25, 0.3) is 22.1 Å². The lowest BCUT2D eigenvalue weighted by molar-refractivity contribution is -0.146. The van der Waals surface area contributed by atoms with Crippen molar-refractivity contribution in [3.8, 4) is 16.9 Å². The van der Waals surface area contributed by atoms with Crippen LogP contribution in [0.1, 0.15) is 18.4 Å². The van der Waals surface area contributed by atoms with Crippen molar-refractivity contribution in [2.45, 2.75) is 19.8 Å². The van der Waals surface area contributed by atoms with Gasteiger partial charge in [-0.1, -0.05) is 30.3 Å². The molecule has 0 atom stereocenters. The second-order valence-corrected chi connectivity index (χ2v) is 7.69. The fourth-order valence-corrected chi connectivity index (χ4v) is 3.96. The molecule has 1 amide bonds. The summed E-state index contributed by atoms with van der Waals surface area (Å²) in [6, 6.07) is 14.7. The van der Waals surface area contributed by atoms with Crippen LogP contribution >= 0.6 is 0 Å². The predicted molar refractivity (Wildman–Crippen MR) is 115 cm³/mol. The van der Waals surface area contributed by atoms with Crippen molar-refractivity contribution < 1.29 is 23.8 Å². The number of aryl methyl sites for hydroxylation is 1. The van der Waals surface area contributed by atoms with Gasteiger partial charge in [-0.3, -0.25) is 9.59 Å². The van der Waals surface area contributed by atoms with E-state index in [2.05, 4.69) is 0 Å². The highest BCUT2D eigenvalue weighted by Gasteiger charge is 2.27. The highest BCUT2D eigenvalue weighted by atomic mass is 16.5. The number of carbonyl (C=O) groups is 2. The Morgan fingerprint density at radius 3 is 2.52 bits per heavy atom. The van der Waals surface area contributed by atoms with Gasteiger partial charge in [-0.05, 0) is 43.0 Å². The SMILES string of the molecule is Cc1c(OCC(=O)N2CCC(C(=O)O)CC2)ccc2c(-c3ccccc3)cc(=O)oc12. The van der Waals surface area contributed by atoms with Crippen molar-refractivity contribution in [2.75, 3.05) is 19.7 Å². The molecule has 1 fully saturated rings. The van der Waals surface area contributed by atoms with E-state index in [0.29, 0.717) is 42.8 Å². The number of piperidine rings is 1. The van der Waals surface area contributed by atoms with Gasteiger partial charge in [-0.15, -0.1) is 0 Å². The molecule has 2 aromatic carbocycles. The molecule has 0 unspecified atom stereocenters. The number of fused-ring (bicyclic) bond motifs is 1. The zero-order valence-electron chi connectivity index (χ0n) is 17.2. The first-order valence-corrected chi connectivity index (χ1v) is 10.2. The highest BCUT2D eigenvalue weighted by molar-refractivity contribution is 5.95. The van der Waals surface area contributed by atoms with Crippen LogP contribution in [-0.4, -0.2) is 41.6 Å². The number of ether oxygens (including phenoxy) is 1. The topological polar surface area (TPSA) is 97.0 Å². The van der Waals surface area contributed by atoms with Crippen LogP contribution in [0.15, 0.2) is 57.7 Å². The fraction of sp³-hybridized carbons (Fsp3) is 0.292. The van der Waals surface area contributed by atoms with E-state index < -0.39 is 17.5 Å². The molecule has 1 N–H and O–H groups in total. The van der Waals surface area contributed by atoms with Crippen molar-refractivity contribution in [3.63, 3.8) is 0 Å². The number of carbonyl (C=O) groups excluding carboxylic acids is 1. The quantitative estimate of drug-likeness (QED) is 0.634. The van der Waals surface area contributed by atoms with Crippen molar-refractivity contribution in [1.82, 2.24) is 4.90 Å². The van der Waals surface area contributed by atoms with Gasteiger partial charge in [0, 0.05) is 30.1 Å². The number of hydrogen-bond donors (Lipinski definition) is 1. The van der Waals surface area contributed by atoms with Gasteiger partial charge in [0.1, 0.15) is 11.3 Å². The Labute approximate surface area is 178 Å². The minimum absolute atomic E-state index is 0.160. The summed E-state index contributed by atoms with van der Waals surface area (Å²) in [6.45, 7) is 2.45. The monoisotopic (exact) mass is 421 g/mol. The smallest absolute Gasteiger partial charge is 0.336 e. The maximum atomic E-state index is 12.5. The minimum Gasteiger partial charge on any atom is -0.483 e. The Balaban J connectivity index is 1.53. The summed E-state index contributed by atoms with van der Waals surface area (Å²) < 4.78 is 11.2. The summed E-state index contributed by atoms with van der Waals surface area (Å²) >= 11 is 0. The molecule has 3 aromatic rings. The number of benzene rings is 2. The van der Waals surface area contributed by atoms with Crippen molar-refractivity contribution >= 4 is 22.8 Å². The first-order chi connectivity index (χ1) is 14.9. The Hall–Kier alpha value is -3.61. The number of carboxylic acid groups (broad SMARTS) is 1. The van der Waals surface area contributed by atoms with Crippen LogP contribution in [-0.2, 0) is 9.59 Å². The van der Waals surface area contributed by atoms with Gasteiger partial charge in [0.05, 0.1) is 5.92 Å². The van der Waals surface area contributed by atoms with Crippen LogP contribution in [0.3, 0.4) is 0 Å². The highest BCUT2D eigenvalue weighted by Crippen LogP contribution is 2.33. The number of rotatable bonds is 5. The predicted octanol–water partition coefficient (Wildman–Crippen LogP) is 3.47. The molecule has 1 saturated heterocycles. The van der Waals surface area contributed by atoms with Crippen LogP contribution in [0.5, 0.6) is 5.75 Å². The van der Waals surface area contributed by atoms with Crippen LogP contribution in [0.4, 0.5) is 0 Å². The van der Waals surface area contributed by atoms with Gasteiger partial charge in [-0.25, -0.2) is 4.79 Å². The molecule has 1 aromatic heterocycles. The van der Waals surface area contributed by atoms with E-state index in [9.17, 15) is 14.4 Å². The van der Waals surface area contributed by atoms with E-state index in [0.717, 1.165) is 16.5 Å². The zero-order valence-corrected chi connectivity index (χ0v) is 17.2. The van der Waals surface area contributed by atoms with Crippen molar-refractivity contribution in [1.29, 1.82) is 0 Å². The standard InChI is InChI=1S/C24H23NO6/c1-15-20(30-14-21(26)25-11-9-17(10-12-25)24(28)29)8-7-18-19(13-22(27)31-23(15)18)16-5-3-2-4-6-16/h2-8,13,17H,9-12,14H2,1H3,(H,28,29). The third-order valence-electron chi connectivity index (χ3n) is 5.74. The first kappa shape index (κ1) is 20.7. The third-order valence-corrected chi connectivity index (χ3v) is 5.74. The molecule has 160 valence electrons. The zero-order chi connectivity index (χ0) is 22.0. The third kappa shape index (κ3) is 4.30. The Morgan fingerprint density at radius 2 is 1.84 bits per heavy atom. The Morgan fingerprint density at radius 1 is 1.13 bits per heavy atom. The largest absolute Gasteiger partial charge is 0.483 e. The van der Waals surface area contributed by atoms with E-state index in [-0.39, 0.29) is 12.5 Å². The second-order valence-electron chi connectivity index (χ2n) is 7.69. The van der Waals surface area contributed by atoms with Crippen LogP contribution in [0, 0.1) is 12.8 Å². The van der Waals surface area contributed by atoms with Gasteiger partial charge < -0.3 is 19.2 Å². The molecule has 1 aliphatic rings. The lowest BCUT2D eigenvalue weighted by Gasteiger charge is -2.30. The molecular formula is C24H23NO6. The molecular weight excluding hydrogens is 398 g/mol. The number of amides is 1. The van der Waals surface area contributed by atoms with Gasteiger partial charge in [0.15, 0.2) is 6.61 Å². The lowest BCUT2D eigenvalue weighted by atomic mass is 9.97. The summed E-state index contributed by atoms with van der Waals surface area (Å²) in [7, 11) is 0. The van der Waals surface area contributed by atoms with E-state index in [1.54, 1.807) is 17.9 Å². The lowest BCUT2D eigenvalue weighted by Crippen LogP contribution is -2.42. The molecule has 0 spiro atoms. The number of nitrogens with zero attached hydrogens (tertiary/aromatic N) is 1. The molecule has 0 radical (unpaired) electrons. The minimum atomic E-state index is -0.813. The molecule has 7 heteroatoms. The summed E-state index contributed by atoms with van der Waals surface area (Å²) in [5, 5.41) is 9.87. The molecule has 0 saturated carbocycles. The number of hydrogen-bond acceptors (Lipinski definition) is 5. The summed E-state index contributed by atoms with van der Waals surface area (Å²) in [4.78, 5) is 37.4. The Kier molecular flexibility index (Phi) is 5.75. The maximum absolute atomic E-state index is 12.5. The van der Waals surface area contributed by atoms with Gasteiger partial charge in [-0.2, -0.15) is 0 Å². The number of aliphatic carboxylic acids is 1. The first-order valence-electron chi connectivity index (χ1n) is 10.2. The normalized spacial score (nSPS) is 14.5. The van der Waals surface area contributed by atoms with Crippen LogP contribution < -0.4 is 10.4 Å². The average molecular weight is 421 g/mol. The van der Waals surface area contributed by atoms with E-state index in [1.165, 1.54) is 6.07 Å². The molecule has 2 heterocycles. The maximum Gasteiger partial charge on any atom is 0.336 e. The molecule has 0 aliphatic carbocycles. The van der Waals surface area contributed by atoms with E-state index in [1.807, 2.05) is 36.4 Å². The van der Waals surface area contributed by atoms with Gasteiger partial charge >= 0.3 is 11.6 Å². The number of carboxylic acids is 1. The molecule has 0 bridgehead atoms. The molecule has 4 rings (SSSR count). The molecule has 31 heavy (non-hydrogen) atoms. The summed E-state index contributed by atoms with van der Waals surface area (Å²) in [5.74, 6) is -0.932. The van der Waals surface area contributed by atoms with Crippen molar-refractivity contribution in [3.05, 3.63) is 64.5 Å². The van der Waals surface area contributed by atoms with Crippen molar-refractivity contribution in [2.24, 2.45) is 5.92 Å². The second kappa shape index (κ2) is 8.63. The van der Waals surface area contributed by atoms with Crippen LogP contribution in [0.2, 0.25) is 0 Å². The van der Waals surface area contributed by atoms with E-state index >= 15 is 0 Å². The van der Waals surface area contributed by atoms with Gasteiger partial charge in [0.2, 0.25) is 0 Å². The summed E-state index contributed by atoms with van der Waals surface area (Å²) in [6.07, 6.45) is 0.896. The molecule has 1 aliphatic heterocycles. The fourth-order valence-electron chi connectivity index (χ4n) is 3.96. The van der Waals surface area contributed by atoms with Gasteiger partial charge in [0.25, 0.3) is 5.91 Å². The number of likely N-dealkylation sites (tertiary alicyclic amines) is 1. The molecule has 7 nitrogen and oxygen atoms in total. The summed E-state index contributed by atoms with van der Waals surface area (Å²) in [5.41, 5.74) is 2.31. The van der Waals surface area contributed by atoms with E-state index in [4.69, 9.17) is 14.3 Å².